The Bertz CT molecular complexity index is 257. The van der Waals surface area contributed by atoms with Gasteiger partial charge in [0.05, 0.1) is 13.2 Å². The molecule has 2 fully saturated rings. The molecule has 106 valence electrons. The SMILES string of the molecule is CCC1CCCN(C(=O)C2COCCN2)CC1.Cl. The molecule has 2 aliphatic rings. The molecule has 4 nitrogen and oxygen atoms in total. The number of morpholine rings is 1. The van der Waals surface area contributed by atoms with E-state index in [9.17, 15) is 4.79 Å². The summed E-state index contributed by atoms with van der Waals surface area (Å²) >= 11 is 0. The van der Waals surface area contributed by atoms with E-state index in [0.717, 1.165) is 45.0 Å². The fraction of sp³-hybridized carbons (Fsp3) is 0.923. The minimum Gasteiger partial charge on any atom is -0.378 e. The molecule has 2 saturated heterocycles. The lowest BCUT2D eigenvalue weighted by Crippen LogP contribution is -2.52. The molecule has 0 saturated carbocycles. The van der Waals surface area contributed by atoms with Gasteiger partial charge in [-0.2, -0.15) is 0 Å². The van der Waals surface area contributed by atoms with E-state index >= 15 is 0 Å². The molecule has 1 N–H and O–H groups in total. The van der Waals surface area contributed by atoms with E-state index in [-0.39, 0.29) is 24.4 Å². The van der Waals surface area contributed by atoms with Gasteiger partial charge >= 0.3 is 0 Å². The summed E-state index contributed by atoms with van der Waals surface area (Å²) in [6.07, 6.45) is 4.83. The third kappa shape index (κ3) is 4.11. The zero-order valence-electron chi connectivity index (χ0n) is 11.2. The van der Waals surface area contributed by atoms with Gasteiger partial charge in [-0.05, 0) is 25.2 Å². The number of hydrogen-bond donors (Lipinski definition) is 1. The van der Waals surface area contributed by atoms with Crippen LogP contribution in [-0.4, -0.2) is 49.7 Å². The average Bonchev–Trinajstić information content (AvgIpc) is 2.64. The van der Waals surface area contributed by atoms with Gasteiger partial charge in [-0.1, -0.05) is 13.3 Å². The zero-order chi connectivity index (χ0) is 12.1. The Kier molecular flexibility index (Phi) is 6.97. The maximum absolute atomic E-state index is 12.3. The van der Waals surface area contributed by atoms with E-state index in [1.165, 1.54) is 12.8 Å². The first-order chi connectivity index (χ1) is 8.31. The average molecular weight is 277 g/mol. The van der Waals surface area contributed by atoms with Gasteiger partial charge in [0.1, 0.15) is 6.04 Å². The van der Waals surface area contributed by atoms with E-state index in [1.54, 1.807) is 0 Å². The van der Waals surface area contributed by atoms with Crippen LogP contribution in [0.3, 0.4) is 0 Å². The zero-order valence-corrected chi connectivity index (χ0v) is 12.0. The second kappa shape index (κ2) is 7.97. The first-order valence-corrected chi connectivity index (χ1v) is 6.91. The standard InChI is InChI=1S/C13H24N2O2.ClH/c1-2-11-4-3-7-15(8-5-11)13(16)12-10-17-9-6-14-12;/h11-12,14H,2-10H2,1H3;1H. The van der Waals surface area contributed by atoms with Crippen LogP contribution in [0.2, 0.25) is 0 Å². The molecule has 2 heterocycles. The monoisotopic (exact) mass is 276 g/mol. The molecule has 5 heteroatoms. The summed E-state index contributed by atoms with van der Waals surface area (Å²) in [5, 5.41) is 3.25. The van der Waals surface area contributed by atoms with Crippen molar-refractivity contribution in [1.29, 1.82) is 0 Å². The maximum Gasteiger partial charge on any atom is 0.242 e. The number of nitrogens with zero attached hydrogens (tertiary/aromatic N) is 1. The Hall–Kier alpha value is -0.320. The van der Waals surface area contributed by atoms with Gasteiger partial charge < -0.3 is 15.0 Å². The highest BCUT2D eigenvalue weighted by atomic mass is 35.5. The highest BCUT2D eigenvalue weighted by Gasteiger charge is 2.27. The second-order valence-electron chi connectivity index (χ2n) is 5.11. The predicted octanol–water partition coefficient (Wildman–Crippen LogP) is 1.44. The van der Waals surface area contributed by atoms with Gasteiger partial charge in [0.2, 0.25) is 5.91 Å². The number of carbonyl (C=O) groups is 1. The number of likely N-dealkylation sites (tertiary alicyclic amines) is 1. The van der Waals surface area contributed by atoms with E-state index in [4.69, 9.17) is 4.74 Å². The molecular formula is C13H25ClN2O2. The molecule has 18 heavy (non-hydrogen) atoms. The normalized spacial score (nSPS) is 29.3. The first kappa shape index (κ1) is 15.7. The van der Waals surface area contributed by atoms with Crippen LogP contribution in [-0.2, 0) is 9.53 Å². The summed E-state index contributed by atoms with van der Waals surface area (Å²) in [6, 6.07) is -0.109. The van der Waals surface area contributed by atoms with Crippen LogP contribution in [0.15, 0.2) is 0 Å². The molecular weight excluding hydrogens is 252 g/mol. The van der Waals surface area contributed by atoms with E-state index in [0.29, 0.717) is 6.61 Å². The van der Waals surface area contributed by atoms with E-state index in [2.05, 4.69) is 12.2 Å². The quantitative estimate of drug-likeness (QED) is 0.830. The summed E-state index contributed by atoms with van der Waals surface area (Å²) in [6.45, 7) is 6.15. The van der Waals surface area contributed by atoms with Gasteiger partial charge in [-0.3, -0.25) is 4.79 Å². The van der Waals surface area contributed by atoms with Crippen LogP contribution in [0.4, 0.5) is 0 Å². The molecule has 2 unspecified atom stereocenters. The minimum absolute atomic E-state index is 0. The van der Waals surface area contributed by atoms with Crippen molar-refractivity contribution >= 4 is 18.3 Å². The third-order valence-corrected chi connectivity index (χ3v) is 3.96. The fourth-order valence-electron chi connectivity index (χ4n) is 2.74. The number of halogens is 1. The van der Waals surface area contributed by atoms with Gasteiger partial charge in [0, 0.05) is 19.6 Å². The molecule has 0 spiro atoms. The Morgan fingerprint density at radius 3 is 2.89 bits per heavy atom. The van der Waals surface area contributed by atoms with Gasteiger partial charge in [0.15, 0.2) is 0 Å². The van der Waals surface area contributed by atoms with Crippen molar-refractivity contribution in [3.63, 3.8) is 0 Å². The highest BCUT2D eigenvalue weighted by Crippen LogP contribution is 2.20. The first-order valence-electron chi connectivity index (χ1n) is 6.91. The smallest absolute Gasteiger partial charge is 0.242 e. The van der Waals surface area contributed by atoms with E-state index < -0.39 is 0 Å². The van der Waals surface area contributed by atoms with Crippen LogP contribution in [0.25, 0.3) is 0 Å². The van der Waals surface area contributed by atoms with Gasteiger partial charge in [0.25, 0.3) is 0 Å². The summed E-state index contributed by atoms with van der Waals surface area (Å²) in [4.78, 5) is 14.3. The lowest BCUT2D eigenvalue weighted by atomic mass is 9.98. The third-order valence-electron chi connectivity index (χ3n) is 3.96. The summed E-state index contributed by atoms with van der Waals surface area (Å²) < 4.78 is 5.36. The molecule has 0 aromatic carbocycles. The number of nitrogens with one attached hydrogen (secondary N) is 1. The largest absolute Gasteiger partial charge is 0.378 e. The van der Waals surface area contributed by atoms with Crippen molar-refractivity contribution in [2.75, 3.05) is 32.8 Å². The van der Waals surface area contributed by atoms with Crippen molar-refractivity contribution in [2.45, 2.75) is 38.6 Å². The summed E-state index contributed by atoms with van der Waals surface area (Å²) in [7, 11) is 0. The van der Waals surface area contributed by atoms with Gasteiger partial charge in [-0.15, -0.1) is 12.4 Å². The van der Waals surface area contributed by atoms with Crippen molar-refractivity contribution in [3.8, 4) is 0 Å². The lowest BCUT2D eigenvalue weighted by molar-refractivity contribution is -0.136. The van der Waals surface area contributed by atoms with Crippen LogP contribution in [0.1, 0.15) is 32.6 Å². The molecule has 2 aliphatic heterocycles. The topological polar surface area (TPSA) is 41.6 Å². The van der Waals surface area contributed by atoms with E-state index in [1.807, 2.05) is 4.90 Å². The Morgan fingerprint density at radius 1 is 1.39 bits per heavy atom. The number of rotatable bonds is 2. The Morgan fingerprint density at radius 2 is 2.22 bits per heavy atom. The van der Waals surface area contributed by atoms with Crippen LogP contribution in [0, 0.1) is 5.92 Å². The maximum atomic E-state index is 12.3. The molecule has 0 aromatic heterocycles. The minimum atomic E-state index is -0.109. The summed E-state index contributed by atoms with van der Waals surface area (Å²) in [5.74, 6) is 1.05. The van der Waals surface area contributed by atoms with Crippen molar-refractivity contribution < 1.29 is 9.53 Å². The molecule has 1 amide bonds. The summed E-state index contributed by atoms with van der Waals surface area (Å²) in [5.41, 5.74) is 0. The van der Waals surface area contributed by atoms with Gasteiger partial charge in [-0.25, -0.2) is 0 Å². The van der Waals surface area contributed by atoms with Crippen molar-refractivity contribution in [1.82, 2.24) is 10.2 Å². The predicted molar refractivity (Wildman–Crippen MR) is 74.1 cm³/mol. The lowest BCUT2D eigenvalue weighted by Gasteiger charge is -2.29. The van der Waals surface area contributed by atoms with Crippen molar-refractivity contribution in [2.24, 2.45) is 5.92 Å². The molecule has 0 aromatic rings. The molecule has 0 bridgehead atoms. The van der Waals surface area contributed by atoms with Crippen LogP contribution < -0.4 is 5.32 Å². The molecule has 2 rings (SSSR count). The number of hydrogen-bond acceptors (Lipinski definition) is 3. The second-order valence-corrected chi connectivity index (χ2v) is 5.11. The highest BCUT2D eigenvalue weighted by molar-refractivity contribution is 5.85. The number of amides is 1. The molecule has 0 radical (unpaired) electrons. The van der Waals surface area contributed by atoms with Crippen LogP contribution >= 0.6 is 12.4 Å². The Balaban J connectivity index is 0.00000162. The van der Waals surface area contributed by atoms with Crippen molar-refractivity contribution in [3.05, 3.63) is 0 Å². The van der Waals surface area contributed by atoms with Crippen LogP contribution in [0.5, 0.6) is 0 Å². The number of ether oxygens (including phenoxy) is 1. The number of carbonyl (C=O) groups excluding carboxylic acids is 1. The molecule has 0 aliphatic carbocycles. The Labute approximate surface area is 116 Å². The molecule has 2 atom stereocenters. The fourth-order valence-corrected chi connectivity index (χ4v) is 2.74.